The number of pyridine rings is 1. The summed E-state index contributed by atoms with van der Waals surface area (Å²) in [5.74, 6) is 1.71. The van der Waals surface area contributed by atoms with Crippen LogP contribution in [-0.2, 0) is 5.41 Å². The fraction of sp³-hybridized carbons (Fsp3) is 0.542. The number of nitrogens with zero attached hydrogens (tertiary/aromatic N) is 3. The van der Waals surface area contributed by atoms with Crippen molar-refractivity contribution in [2.45, 2.75) is 71.9 Å². The number of aryl methyl sites for hydroxylation is 1. The lowest BCUT2D eigenvalue weighted by molar-refractivity contribution is 0.0828. The van der Waals surface area contributed by atoms with Gasteiger partial charge in [-0.15, -0.1) is 5.10 Å². The molecule has 0 unspecified atom stereocenters. The predicted molar refractivity (Wildman–Crippen MR) is 121 cm³/mol. The van der Waals surface area contributed by atoms with Gasteiger partial charge < -0.3 is 19.6 Å². The Morgan fingerprint density at radius 2 is 1.94 bits per heavy atom. The van der Waals surface area contributed by atoms with Gasteiger partial charge in [0.05, 0.1) is 18.2 Å². The average molecular weight is 425 g/mol. The van der Waals surface area contributed by atoms with E-state index in [1.54, 1.807) is 0 Å². The Balaban J connectivity index is 1.71. The first-order chi connectivity index (χ1) is 14.6. The van der Waals surface area contributed by atoms with Crippen molar-refractivity contribution in [3.63, 3.8) is 0 Å². The third kappa shape index (κ3) is 4.66. The predicted octanol–water partition coefficient (Wildman–Crippen LogP) is 4.86. The van der Waals surface area contributed by atoms with Crippen LogP contribution in [0.2, 0.25) is 0 Å². The molecule has 4 rings (SSSR count). The number of fused-ring (bicyclic) bond motifs is 1. The molecule has 2 N–H and O–H groups in total. The second kappa shape index (κ2) is 8.11. The third-order valence-corrected chi connectivity index (χ3v) is 5.57. The van der Waals surface area contributed by atoms with Gasteiger partial charge in [-0.25, -0.2) is 4.98 Å². The van der Waals surface area contributed by atoms with E-state index in [9.17, 15) is 5.11 Å². The highest BCUT2D eigenvalue weighted by atomic mass is 16.5. The number of aliphatic hydroxyl groups is 1. The van der Waals surface area contributed by atoms with Crippen molar-refractivity contribution in [2.75, 3.05) is 11.9 Å². The summed E-state index contributed by atoms with van der Waals surface area (Å²) in [6.07, 6.45) is 1.15. The highest BCUT2D eigenvalue weighted by Gasteiger charge is 2.28. The summed E-state index contributed by atoms with van der Waals surface area (Å²) in [6.45, 7) is 13.6. The number of benzene rings is 1. The van der Waals surface area contributed by atoms with Crippen LogP contribution in [-0.4, -0.2) is 39.0 Å². The van der Waals surface area contributed by atoms with Crippen LogP contribution in [0.25, 0.3) is 22.5 Å². The Morgan fingerprint density at radius 1 is 1.19 bits per heavy atom. The molecule has 0 aliphatic heterocycles. The molecule has 1 fully saturated rings. The van der Waals surface area contributed by atoms with E-state index in [1.807, 2.05) is 6.07 Å². The van der Waals surface area contributed by atoms with E-state index in [0.717, 1.165) is 27.8 Å². The van der Waals surface area contributed by atoms with Crippen LogP contribution < -0.4 is 10.1 Å². The Hall–Kier alpha value is -2.67. The lowest BCUT2D eigenvalue weighted by Gasteiger charge is -2.30. The van der Waals surface area contributed by atoms with Crippen LogP contribution in [0.5, 0.6) is 5.75 Å². The maximum absolute atomic E-state index is 9.46. The summed E-state index contributed by atoms with van der Waals surface area (Å²) in [7, 11) is 0. The van der Waals surface area contributed by atoms with E-state index in [1.165, 1.54) is 0 Å². The molecule has 166 valence electrons. The molecule has 7 nitrogen and oxygen atoms in total. The molecule has 0 bridgehead atoms. The smallest absolute Gasteiger partial charge is 0.316 e. The number of aliphatic hydroxyl groups excluding tert-OH is 1. The average Bonchev–Trinajstić information content (AvgIpc) is 3.12. The van der Waals surface area contributed by atoms with Crippen molar-refractivity contribution in [2.24, 2.45) is 5.92 Å². The minimum atomic E-state index is -0.241. The molecule has 1 aliphatic rings. The third-order valence-electron chi connectivity index (χ3n) is 5.57. The van der Waals surface area contributed by atoms with E-state index >= 15 is 0 Å². The summed E-state index contributed by atoms with van der Waals surface area (Å²) < 4.78 is 11.9. The molecular weight excluding hydrogens is 392 g/mol. The fourth-order valence-corrected chi connectivity index (χ4v) is 3.76. The Morgan fingerprint density at radius 3 is 2.58 bits per heavy atom. The maximum Gasteiger partial charge on any atom is 0.316 e. The minimum Gasteiger partial charge on any atom is -0.493 e. The van der Waals surface area contributed by atoms with Crippen molar-refractivity contribution in [1.82, 2.24) is 15.2 Å². The molecule has 0 atom stereocenters. The second-order valence-corrected chi connectivity index (χ2v) is 10.0. The topological polar surface area (TPSA) is 93.3 Å². The van der Waals surface area contributed by atoms with Gasteiger partial charge in [0.25, 0.3) is 5.89 Å². The number of hydrogen-bond acceptors (Lipinski definition) is 7. The molecule has 0 saturated heterocycles. The zero-order valence-electron chi connectivity index (χ0n) is 19.2. The van der Waals surface area contributed by atoms with E-state index in [2.05, 4.69) is 69.2 Å². The van der Waals surface area contributed by atoms with Gasteiger partial charge in [0.15, 0.2) is 0 Å². The number of aromatic nitrogens is 3. The summed E-state index contributed by atoms with van der Waals surface area (Å²) in [5.41, 5.74) is 3.67. The van der Waals surface area contributed by atoms with Gasteiger partial charge in [0, 0.05) is 11.4 Å². The van der Waals surface area contributed by atoms with E-state index in [0.29, 0.717) is 43.0 Å². The number of ether oxygens (including phenoxy) is 1. The number of anilines is 1. The molecular formula is C24H32N4O3. The summed E-state index contributed by atoms with van der Waals surface area (Å²) >= 11 is 0. The first-order valence-electron chi connectivity index (χ1n) is 11.0. The monoisotopic (exact) mass is 424 g/mol. The molecule has 7 heteroatoms. The molecule has 2 aromatic heterocycles. The van der Waals surface area contributed by atoms with Crippen molar-refractivity contribution < 1.29 is 14.3 Å². The molecule has 0 spiro atoms. The molecule has 3 aromatic rings. The normalized spacial score (nSPS) is 19.0. The molecule has 1 aromatic carbocycles. The molecule has 1 saturated carbocycles. The summed E-state index contributed by atoms with van der Waals surface area (Å²) in [5, 5.41) is 22.0. The van der Waals surface area contributed by atoms with Gasteiger partial charge in [-0.3, -0.25) is 0 Å². The first-order valence-corrected chi connectivity index (χ1v) is 11.0. The van der Waals surface area contributed by atoms with Gasteiger partial charge in [0.2, 0.25) is 0 Å². The molecule has 0 radical (unpaired) electrons. The highest BCUT2D eigenvalue weighted by Crippen LogP contribution is 2.36. The number of nitrogens with one attached hydrogen (secondary N) is 1. The van der Waals surface area contributed by atoms with Crippen molar-refractivity contribution in [3.05, 3.63) is 29.3 Å². The molecule has 31 heavy (non-hydrogen) atoms. The van der Waals surface area contributed by atoms with E-state index in [-0.39, 0.29) is 17.6 Å². The zero-order chi connectivity index (χ0) is 22.3. The standard InChI is InChI=1S/C24H32N4O3/c1-13(2)12-30-17-10-18-14(3)7-20(26-21(18)19(11-17)24(4,5)6)22-27-28-23(31-22)25-15-8-16(29)9-15/h7,10-11,13,15-16,29H,8-9,12H2,1-6H3,(H,25,28)/t15-,16+. The maximum atomic E-state index is 9.46. The lowest BCUT2D eigenvalue weighted by Crippen LogP contribution is -2.39. The Labute approximate surface area is 183 Å². The van der Waals surface area contributed by atoms with Crippen LogP contribution in [0.3, 0.4) is 0 Å². The Bertz CT molecular complexity index is 1080. The van der Waals surface area contributed by atoms with Crippen LogP contribution >= 0.6 is 0 Å². The summed E-state index contributed by atoms with van der Waals surface area (Å²) in [4.78, 5) is 4.93. The molecule has 0 amide bonds. The van der Waals surface area contributed by atoms with Gasteiger partial charge in [0.1, 0.15) is 11.4 Å². The fourth-order valence-electron chi connectivity index (χ4n) is 3.76. The molecule has 1 aliphatic carbocycles. The Kier molecular flexibility index (Phi) is 5.64. The van der Waals surface area contributed by atoms with Crippen molar-refractivity contribution >= 4 is 16.9 Å². The van der Waals surface area contributed by atoms with Crippen LogP contribution in [0.15, 0.2) is 22.6 Å². The number of hydrogen-bond donors (Lipinski definition) is 2. The van der Waals surface area contributed by atoms with Gasteiger partial charge in [-0.2, -0.15) is 0 Å². The SMILES string of the molecule is Cc1cc(-c2nnc(N[C@H]3C[C@@H](O)C3)o2)nc2c(C(C)(C)C)cc(OCC(C)C)cc12. The van der Waals surface area contributed by atoms with Crippen molar-refractivity contribution in [1.29, 1.82) is 0 Å². The van der Waals surface area contributed by atoms with Gasteiger partial charge >= 0.3 is 6.01 Å². The lowest BCUT2D eigenvalue weighted by atomic mass is 9.84. The quantitative estimate of drug-likeness (QED) is 0.583. The van der Waals surface area contributed by atoms with E-state index < -0.39 is 0 Å². The summed E-state index contributed by atoms with van der Waals surface area (Å²) in [6, 6.07) is 6.68. The van der Waals surface area contributed by atoms with E-state index in [4.69, 9.17) is 14.1 Å². The van der Waals surface area contributed by atoms with Crippen molar-refractivity contribution in [3.8, 4) is 17.3 Å². The minimum absolute atomic E-state index is 0.111. The zero-order valence-corrected chi connectivity index (χ0v) is 19.2. The van der Waals surface area contributed by atoms with Gasteiger partial charge in [-0.1, -0.05) is 39.7 Å². The van der Waals surface area contributed by atoms with Crippen LogP contribution in [0.1, 0.15) is 58.6 Å². The van der Waals surface area contributed by atoms with Crippen LogP contribution in [0, 0.1) is 12.8 Å². The first kappa shape index (κ1) is 21.6. The number of rotatable bonds is 6. The molecule has 2 heterocycles. The largest absolute Gasteiger partial charge is 0.493 e. The highest BCUT2D eigenvalue weighted by molar-refractivity contribution is 5.89. The second-order valence-electron chi connectivity index (χ2n) is 10.0. The van der Waals surface area contributed by atoms with Crippen LogP contribution in [0.4, 0.5) is 6.01 Å². The van der Waals surface area contributed by atoms with Gasteiger partial charge in [-0.05, 0) is 60.4 Å².